The van der Waals surface area contributed by atoms with Crippen LogP contribution in [0.3, 0.4) is 0 Å². The Bertz CT molecular complexity index is 701. The molecule has 0 spiro atoms. The third-order valence-electron chi connectivity index (χ3n) is 3.67. The molecule has 0 fully saturated rings. The molecule has 1 heterocycles. The summed E-state index contributed by atoms with van der Waals surface area (Å²) in [5.41, 5.74) is 1.45. The molecule has 1 unspecified atom stereocenters. The van der Waals surface area contributed by atoms with Crippen LogP contribution < -0.4 is 5.32 Å². The number of rotatable bonds is 11. The van der Waals surface area contributed by atoms with Crippen LogP contribution in [-0.2, 0) is 31.2 Å². The lowest BCUT2D eigenvalue weighted by Gasteiger charge is -2.17. The van der Waals surface area contributed by atoms with Gasteiger partial charge in [0, 0.05) is 18.8 Å². The fourth-order valence-corrected chi connectivity index (χ4v) is 3.47. The number of nitrogens with zero attached hydrogens (tertiary/aromatic N) is 1. The summed E-state index contributed by atoms with van der Waals surface area (Å²) in [6.45, 7) is 6.68. The Morgan fingerprint density at radius 3 is 2.56 bits per heavy atom. The third-order valence-corrected chi connectivity index (χ3v) is 4.85. The van der Waals surface area contributed by atoms with Crippen LogP contribution in [0.1, 0.15) is 25.3 Å². The van der Waals surface area contributed by atoms with Crippen molar-refractivity contribution in [3.05, 3.63) is 41.8 Å². The van der Waals surface area contributed by atoms with Crippen molar-refractivity contribution in [2.75, 3.05) is 25.5 Å². The van der Waals surface area contributed by atoms with E-state index in [0.29, 0.717) is 30.6 Å². The minimum atomic E-state index is -1.39. The topological polar surface area (TPSA) is 96.7 Å². The lowest BCUT2D eigenvalue weighted by molar-refractivity contribution is -0.139. The molecule has 1 N–H and O–H groups in total. The number of carbonyl (C=O) groups is 1. The molecule has 0 aliphatic rings. The predicted octanol–water partition coefficient (Wildman–Crippen LogP) is 2.41. The van der Waals surface area contributed by atoms with Crippen LogP contribution in [0.5, 0.6) is 0 Å². The zero-order valence-corrected chi connectivity index (χ0v) is 16.7. The largest absolute Gasteiger partial charge is 0.616 e. The average Bonchev–Trinajstić information content (AvgIpc) is 3.01. The second-order valence-electron chi connectivity index (χ2n) is 5.76. The molecule has 0 bridgehead atoms. The van der Waals surface area contributed by atoms with Crippen molar-refractivity contribution in [3.63, 3.8) is 0 Å². The molecule has 1 amide bonds. The number of hydrogen-bond acceptors (Lipinski definition) is 6. The maximum absolute atomic E-state index is 12.3. The zero-order chi connectivity index (χ0) is 19.6. The van der Waals surface area contributed by atoms with E-state index in [2.05, 4.69) is 10.3 Å². The highest BCUT2D eigenvalue weighted by atomic mass is 32.2. The Hall–Kier alpha value is -1.87. The van der Waals surface area contributed by atoms with Gasteiger partial charge in [-0.2, -0.15) is 0 Å². The van der Waals surface area contributed by atoms with Crippen LogP contribution in [0.15, 0.2) is 34.7 Å². The standard InChI is InChI=1S/C19H26N2O5S/c1-4-24-18(25-5-2)11-20-17(22)13-27(23)12-16-14(3)26-19(21-16)15-9-7-6-8-10-15/h6-10,18H,4-5,11-13H2,1-3H3,(H,20,22). The summed E-state index contributed by atoms with van der Waals surface area (Å²) in [4.78, 5) is 16.4. The highest BCUT2D eigenvalue weighted by molar-refractivity contribution is 7.91. The fourth-order valence-electron chi connectivity index (χ4n) is 2.40. The Balaban J connectivity index is 1.85. The van der Waals surface area contributed by atoms with Crippen molar-refractivity contribution < 1.29 is 23.2 Å². The lowest BCUT2D eigenvalue weighted by atomic mass is 10.2. The number of nitrogens with one attached hydrogen (secondary N) is 1. The number of ether oxygens (including phenoxy) is 2. The van der Waals surface area contributed by atoms with E-state index in [1.807, 2.05) is 44.2 Å². The van der Waals surface area contributed by atoms with Gasteiger partial charge in [0.15, 0.2) is 17.8 Å². The van der Waals surface area contributed by atoms with Crippen LogP contribution >= 0.6 is 0 Å². The summed E-state index contributed by atoms with van der Waals surface area (Å²) < 4.78 is 28.7. The van der Waals surface area contributed by atoms with E-state index in [1.165, 1.54) is 0 Å². The molecule has 1 aromatic carbocycles. The van der Waals surface area contributed by atoms with E-state index < -0.39 is 17.5 Å². The summed E-state index contributed by atoms with van der Waals surface area (Å²) in [5, 5.41) is 2.69. The van der Waals surface area contributed by atoms with E-state index in [0.717, 1.165) is 5.56 Å². The van der Waals surface area contributed by atoms with Gasteiger partial charge in [0.05, 0.1) is 6.54 Å². The van der Waals surface area contributed by atoms with E-state index in [1.54, 1.807) is 6.92 Å². The van der Waals surface area contributed by atoms with Crippen molar-refractivity contribution in [1.82, 2.24) is 10.3 Å². The molecule has 1 atom stereocenters. The number of aromatic nitrogens is 1. The molecule has 0 saturated heterocycles. The second kappa shape index (κ2) is 11.1. The van der Waals surface area contributed by atoms with Crippen LogP contribution in [0.4, 0.5) is 0 Å². The molecule has 27 heavy (non-hydrogen) atoms. The molecule has 1 aromatic heterocycles. The normalized spacial score (nSPS) is 12.3. The number of carbonyl (C=O) groups excluding carboxylic acids is 1. The van der Waals surface area contributed by atoms with Crippen LogP contribution in [0, 0.1) is 6.92 Å². The van der Waals surface area contributed by atoms with E-state index in [9.17, 15) is 9.35 Å². The zero-order valence-electron chi connectivity index (χ0n) is 15.9. The van der Waals surface area contributed by atoms with Crippen LogP contribution in [0.25, 0.3) is 11.5 Å². The number of aryl methyl sites for hydroxylation is 1. The fraction of sp³-hybridized carbons (Fsp3) is 0.474. The van der Waals surface area contributed by atoms with Crippen LogP contribution in [-0.4, -0.2) is 47.2 Å². The predicted molar refractivity (Wildman–Crippen MR) is 103 cm³/mol. The molecule has 0 saturated carbocycles. The number of benzene rings is 1. The molecular weight excluding hydrogens is 368 g/mol. The Morgan fingerprint density at radius 1 is 1.26 bits per heavy atom. The summed E-state index contributed by atoms with van der Waals surface area (Å²) in [7, 11) is 0. The summed E-state index contributed by atoms with van der Waals surface area (Å²) in [5.74, 6) is 0.826. The van der Waals surface area contributed by atoms with Crippen molar-refractivity contribution in [1.29, 1.82) is 0 Å². The van der Waals surface area contributed by atoms with Gasteiger partial charge in [-0.3, -0.25) is 4.79 Å². The Labute approximate surface area is 162 Å². The summed E-state index contributed by atoms with van der Waals surface area (Å²) in [6.07, 6.45) is -0.497. The molecule has 0 radical (unpaired) electrons. The van der Waals surface area contributed by atoms with E-state index in [-0.39, 0.29) is 24.0 Å². The van der Waals surface area contributed by atoms with Gasteiger partial charge >= 0.3 is 0 Å². The van der Waals surface area contributed by atoms with Gasteiger partial charge in [0.25, 0.3) is 5.91 Å². The SMILES string of the molecule is CCOC(CNC(=O)C[S+]([O-])Cc1nc(-c2ccccc2)oc1C)OCC. The quantitative estimate of drug-likeness (QED) is 0.464. The van der Waals surface area contributed by atoms with Gasteiger partial charge in [-0.25, -0.2) is 4.98 Å². The van der Waals surface area contributed by atoms with Gasteiger partial charge in [-0.05, 0) is 44.1 Å². The molecule has 0 aliphatic carbocycles. The monoisotopic (exact) mass is 394 g/mol. The molecule has 2 rings (SSSR count). The number of oxazole rings is 1. The first-order chi connectivity index (χ1) is 13.0. The number of amides is 1. The smallest absolute Gasteiger partial charge is 0.270 e. The average molecular weight is 394 g/mol. The Kier molecular flexibility index (Phi) is 8.80. The first kappa shape index (κ1) is 21.4. The maximum Gasteiger partial charge on any atom is 0.270 e. The van der Waals surface area contributed by atoms with Gasteiger partial charge < -0.3 is 23.8 Å². The van der Waals surface area contributed by atoms with E-state index >= 15 is 0 Å². The molecule has 8 heteroatoms. The van der Waals surface area contributed by atoms with Crippen molar-refractivity contribution in [2.45, 2.75) is 32.8 Å². The summed E-state index contributed by atoms with van der Waals surface area (Å²) >= 11 is -1.39. The minimum absolute atomic E-state index is 0.113. The molecule has 148 valence electrons. The minimum Gasteiger partial charge on any atom is -0.616 e. The third kappa shape index (κ3) is 6.99. The molecule has 2 aromatic rings. The van der Waals surface area contributed by atoms with Crippen molar-refractivity contribution in [2.24, 2.45) is 0 Å². The molecular formula is C19H26N2O5S. The molecule has 7 nitrogen and oxygen atoms in total. The molecule has 0 aliphatic heterocycles. The van der Waals surface area contributed by atoms with Crippen molar-refractivity contribution in [3.8, 4) is 11.5 Å². The lowest BCUT2D eigenvalue weighted by Crippen LogP contribution is -2.38. The first-order valence-corrected chi connectivity index (χ1v) is 10.4. The maximum atomic E-state index is 12.3. The van der Waals surface area contributed by atoms with Gasteiger partial charge in [-0.1, -0.05) is 18.2 Å². The van der Waals surface area contributed by atoms with Gasteiger partial charge in [0.2, 0.25) is 5.89 Å². The highest BCUT2D eigenvalue weighted by Gasteiger charge is 2.20. The van der Waals surface area contributed by atoms with Gasteiger partial charge in [-0.15, -0.1) is 0 Å². The van der Waals surface area contributed by atoms with Crippen molar-refractivity contribution >= 4 is 17.1 Å². The first-order valence-electron chi connectivity index (χ1n) is 8.90. The highest BCUT2D eigenvalue weighted by Crippen LogP contribution is 2.22. The Morgan fingerprint density at radius 2 is 1.93 bits per heavy atom. The summed E-state index contributed by atoms with van der Waals surface area (Å²) in [6, 6.07) is 9.50. The number of hydrogen-bond donors (Lipinski definition) is 1. The van der Waals surface area contributed by atoms with Gasteiger partial charge in [0.1, 0.15) is 11.5 Å². The second-order valence-corrected chi connectivity index (χ2v) is 7.22. The van der Waals surface area contributed by atoms with Crippen LogP contribution in [0.2, 0.25) is 0 Å². The van der Waals surface area contributed by atoms with E-state index in [4.69, 9.17) is 13.9 Å².